The Hall–Kier alpha value is -4.53. The Kier molecular flexibility index (Phi) is 14.9. The summed E-state index contributed by atoms with van der Waals surface area (Å²) in [5.41, 5.74) is 3.23. The van der Waals surface area contributed by atoms with Crippen LogP contribution in [0.2, 0.25) is 25.1 Å². The first-order valence-electron chi connectivity index (χ1n) is 16.2. The normalized spacial score (nSPS) is 10.7. The van der Waals surface area contributed by atoms with Crippen LogP contribution in [0.1, 0.15) is 16.7 Å². The van der Waals surface area contributed by atoms with Crippen LogP contribution in [-0.4, -0.2) is 20.1 Å². The van der Waals surface area contributed by atoms with Crippen LogP contribution < -0.4 is 10.6 Å². The largest absolute Gasteiger partial charge is 0.504 e. The molecule has 0 amide bonds. The van der Waals surface area contributed by atoms with Gasteiger partial charge in [-0.1, -0.05) is 99.2 Å². The molecule has 0 unspecified atom stereocenters. The molecular weight excluding hydrogens is 862 g/mol. The molecule has 6 aromatic carbocycles. The van der Waals surface area contributed by atoms with Gasteiger partial charge in [0.25, 0.3) is 11.4 Å². The number of phenols is 2. The van der Waals surface area contributed by atoms with Gasteiger partial charge in [0.15, 0.2) is 11.5 Å². The molecule has 0 aliphatic heterocycles. The molecule has 0 fully saturated rings. The highest BCUT2D eigenvalue weighted by Crippen LogP contribution is 2.39. The van der Waals surface area contributed by atoms with Gasteiger partial charge in [-0.25, -0.2) is 0 Å². The molecule has 0 bridgehead atoms. The van der Waals surface area contributed by atoms with Gasteiger partial charge >= 0.3 is 0 Å². The van der Waals surface area contributed by atoms with Gasteiger partial charge < -0.3 is 20.8 Å². The van der Waals surface area contributed by atoms with E-state index in [4.69, 9.17) is 58.0 Å². The Morgan fingerprint density at radius 3 is 1.34 bits per heavy atom. The molecule has 10 nitrogen and oxygen atoms in total. The molecule has 0 aliphatic carbocycles. The molecular formula is C39H29Cl5N4O6S2. The van der Waals surface area contributed by atoms with E-state index in [2.05, 4.69) is 10.6 Å². The fraction of sp³-hybridized carbons (Fsp3) is 0.0769. The van der Waals surface area contributed by atoms with E-state index in [-0.39, 0.29) is 46.0 Å². The fourth-order valence-corrected chi connectivity index (χ4v) is 7.94. The van der Waals surface area contributed by atoms with Crippen molar-refractivity contribution in [3.8, 4) is 11.5 Å². The van der Waals surface area contributed by atoms with Crippen LogP contribution in [0.25, 0.3) is 0 Å². The van der Waals surface area contributed by atoms with Crippen LogP contribution in [0.4, 0.5) is 22.7 Å². The molecule has 6 rings (SSSR count). The van der Waals surface area contributed by atoms with Gasteiger partial charge in [0.05, 0.1) is 31.3 Å². The van der Waals surface area contributed by atoms with E-state index >= 15 is 0 Å². The second kappa shape index (κ2) is 19.6. The zero-order valence-electron chi connectivity index (χ0n) is 28.9. The van der Waals surface area contributed by atoms with E-state index in [0.29, 0.717) is 32.0 Å². The van der Waals surface area contributed by atoms with Crippen molar-refractivity contribution in [2.24, 2.45) is 0 Å². The molecule has 17 heteroatoms. The lowest BCUT2D eigenvalue weighted by Crippen LogP contribution is -2.02. The summed E-state index contributed by atoms with van der Waals surface area (Å²) in [7, 11) is 0. The number of nitro benzene ring substituents is 2. The minimum atomic E-state index is -0.450. The Morgan fingerprint density at radius 1 is 0.554 bits per heavy atom. The number of rotatable bonds is 12. The lowest BCUT2D eigenvalue weighted by Gasteiger charge is -2.13. The number of aryl methyl sites for hydroxylation is 1. The average Bonchev–Trinajstić information content (AvgIpc) is 3.16. The minimum Gasteiger partial charge on any atom is -0.504 e. The molecule has 0 aliphatic rings. The Morgan fingerprint density at radius 2 is 0.946 bits per heavy atom. The number of non-ortho nitro benzene ring substituents is 2. The molecule has 6 aromatic rings. The van der Waals surface area contributed by atoms with Crippen molar-refractivity contribution in [1.29, 1.82) is 0 Å². The third-order valence-electron chi connectivity index (χ3n) is 7.79. The Balaban J connectivity index is 0.000000214. The van der Waals surface area contributed by atoms with Crippen molar-refractivity contribution < 1.29 is 20.1 Å². The van der Waals surface area contributed by atoms with Crippen LogP contribution in [0.15, 0.2) is 129 Å². The molecule has 56 heavy (non-hydrogen) atoms. The fourth-order valence-electron chi connectivity index (χ4n) is 4.98. The molecule has 0 radical (unpaired) electrons. The highest BCUT2D eigenvalue weighted by atomic mass is 35.5. The van der Waals surface area contributed by atoms with Gasteiger partial charge in [0.2, 0.25) is 0 Å². The SMILES string of the molecule is Cc1ccc(Sc2ccc([N+](=O)[O-])cc2CNc2cc(Cl)cc(Cl)c2O)cc1.O=[N+]([O-])c1ccc(Sc2ccc(Cl)cc2)c(CNc2cc(Cl)cc(Cl)c2O)c1. The first kappa shape index (κ1) is 42.6. The van der Waals surface area contributed by atoms with E-state index in [1.807, 2.05) is 43.3 Å². The maximum absolute atomic E-state index is 11.2. The molecule has 0 heterocycles. The van der Waals surface area contributed by atoms with Gasteiger partial charge in [0.1, 0.15) is 0 Å². The molecule has 0 spiro atoms. The van der Waals surface area contributed by atoms with Crippen molar-refractivity contribution in [3.63, 3.8) is 0 Å². The molecule has 4 N–H and O–H groups in total. The van der Waals surface area contributed by atoms with E-state index in [1.165, 1.54) is 66.0 Å². The first-order chi connectivity index (χ1) is 26.7. The maximum Gasteiger partial charge on any atom is 0.269 e. The van der Waals surface area contributed by atoms with Crippen LogP contribution in [0.3, 0.4) is 0 Å². The quantitative estimate of drug-likeness (QED) is 0.0531. The minimum absolute atomic E-state index is 0.00148. The number of nitro groups is 2. The van der Waals surface area contributed by atoms with E-state index < -0.39 is 9.85 Å². The zero-order chi connectivity index (χ0) is 40.5. The first-order valence-corrected chi connectivity index (χ1v) is 19.8. The summed E-state index contributed by atoms with van der Waals surface area (Å²) in [6.07, 6.45) is 0. The van der Waals surface area contributed by atoms with Gasteiger partial charge in [-0.2, -0.15) is 0 Å². The van der Waals surface area contributed by atoms with Gasteiger partial charge in [-0.15, -0.1) is 0 Å². The van der Waals surface area contributed by atoms with Crippen molar-refractivity contribution in [1.82, 2.24) is 0 Å². The summed E-state index contributed by atoms with van der Waals surface area (Å²) in [6.45, 7) is 2.49. The average molecular weight is 891 g/mol. The van der Waals surface area contributed by atoms with E-state index in [1.54, 1.807) is 30.3 Å². The lowest BCUT2D eigenvalue weighted by molar-refractivity contribution is -0.385. The molecule has 288 valence electrons. The van der Waals surface area contributed by atoms with Crippen LogP contribution >= 0.6 is 81.5 Å². The number of benzene rings is 6. The highest BCUT2D eigenvalue weighted by Gasteiger charge is 2.16. The van der Waals surface area contributed by atoms with Crippen molar-refractivity contribution in [3.05, 3.63) is 171 Å². The van der Waals surface area contributed by atoms with Gasteiger partial charge in [-0.05, 0) is 90.8 Å². The van der Waals surface area contributed by atoms with Gasteiger partial charge in [-0.3, -0.25) is 20.2 Å². The van der Waals surface area contributed by atoms with Crippen LogP contribution in [0.5, 0.6) is 11.5 Å². The van der Waals surface area contributed by atoms with Crippen molar-refractivity contribution in [2.45, 2.75) is 39.6 Å². The van der Waals surface area contributed by atoms with Crippen LogP contribution in [0, 0.1) is 27.2 Å². The zero-order valence-corrected chi connectivity index (χ0v) is 34.3. The Bertz CT molecular complexity index is 2220. The topological polar surface area (TPSA) is 151 Å². The number of hydrogen-bond donors (Lipinski definition) is 4. The summed E-state index contributed by atoms with van der Waals surface area (Å²) in [6, 6.07) is 30.6. The molecule has 0 saturated carbocycles. The number of halogens is 5. The number of hydrogen-bond acceptors (Lipinski definition) is 10. The molecule has 0 saturated heterocycles. The summed E-state index contributed by atoms with van der Waals surface area (Å²) in [5.74, 6) is -0.257. The second-order valence-corrected chi connectivity index (χ2v) is 16.2. The second-order valence-electron chi connectivity index (χ2n) is 11.8. The maximum atomic E-state index is 11.2. The lowest BCUT2D eigenvalue weighted by atomic mass is 10.2. The standard InChI is InChI=1S/C20H16Cl2N2O3S.C19H13Cl3N2O3S/c1-12-2-5-16(6-3-12)28-19-7-4-15(24(26)27)8-13(19)11-23-18-10-14(21)9-17(22)20(18)25;20-12-1-4-15(5-2-12)28-18-6-3-14(24(26)27)7-11(18)10-23-17-9-13(21)8-16(22)19(17)25/h2-10,23,25H,11H2,1H3;1-9,23,25H,10H2. The van der Waals surface area contributed by atoms with Crippen molar-refractivity contribution >= 4 is 104 Å². The number of aromatic hydroxyl groups is 2. The Labute approximate surface area is 355 Å². The van der Waals surface area contributed by atoms with Gasteiger partial charge in [0, 0.05) is 72.0 Å². The van der Waals surface area contributed by atoms with Crippen LogP contribution in [-0.2, 0) is 13.1 Å². The molecule has 0 atom stereocenters. The predicted octanol–water partition coefficient (Wildman–Crippen LogP) is 13.7. The number of nitrogens with zero attached hydrogens (tertiary/aromatic N) is 2. The third-order valence-corrected chi connectivity index (χ3v) is 11.3. The van der Waals surface area contributed by atoms with E-state index in [0.717, 1.165) is 30.7 Å². The number of nitrogens with one attached hydrogen (secondary N) is 2. The monoisotopic (exact) mass is 888 g/mol. The van der Waals surface area contributed by atoms with Crippen molar-refractivity contribution in [2.75, 3.05) is 10.6 Å². The summed E-state index contributed by atoms with van der Waals surface area (Å²) in [5, 5.41) is 50.2. The predicted molar refractivity (Wildman–Crippen MR) is 228 cm³/mol. The number of phenolic OH excluding ortho intramolecular Hbond substituents is 2. The summed E-state index contributed by atoms with van der Waals surface area (Å²) >= 11 is 32.8. The highest BCUT2D eigenvalue weighted by molar-refractivity contribution is 7.99. The molecule has 0 aromatic heterocycles. The third kappa shape index (κ3) is 11.7. The summed E-state index contributed by atoms with van der Waals surface area (Å²) in [4.78, 5) is 25.1. The number of anilines is 2. The smallest absolute Gasteiger partial charge is 0.269 e. The summed E-state index contributed by atoms with van der Waals surface area (Å²) < 4.78 is 0. The van der Waals surface area contributed by atoms with E-state index in [9.17, 15) is 30.4 Å².